The molecule has 0 bridgehead atoms. The zero-order valence-electron chi connectivity index (χ0n) is 18.6. The van der Waals surface area contributed by atoms with Crippen LogP contribution in [0.4, 0.5) is 0 Å². The number of benzene rings is 2. The summed E-state index contributed by atoms with van der Waals surface area (Å²) >= 11 is 7.45. The van der Waals surface area contributed by atoms with Gasteiger partial charge in [0.25, 0.3) is 5.56 Å². The molecule has 2 saturated heterocycles. The number of thiophene rings is 1. The van der Waals surface area contributed by atoms with Crippen LogP contribution >= 0.6 is 22.9 Å². The highest BCUT2D eigenvalue weighted by Gasteiger charge is 2.48. The van der Waals surface area contributed by atoms with E-state index in [4.69, 9.17) is 21.1 Å². The van der Waals surface area contributed by atoms with Crippen LogP contribution in [-0.4, -0.2) is 53.9 Å². The van der Waals surface area contributed by atoms with Gasteiger partial charge in [-0.15, -0.1) is 11.3 Å². The monoisotopic (exact) mass is 493 g/mol. The Bertz CT molecular complexity index is 1370. The van der Waals surface area contributed by atoms with E-state index in [0.717, 1.165) is 61.1 Å². The van der Waals surface area contributed by atoms with Gasteiger partial charge in [-0.05, 0) is 54.4 Å². The maximum absolute atomic E-state index is 13.2. The first kappa shape index (κ1) is 21.8. The van der Waals surface area contributed by atoms with Gasteiger partial charge in [-0.1, -0.05) is 23.7 Å². The smallest absolute Gasteiger partial charge is 0.275 e. The molecule has 0 saturated carbocycles. The lowest BCUT2D eigenvalue weighted by molar-refractivity contribution is -0.189. The van der Waals surface area contributed by atoms with Gasteiger partial charge in [0.1, 0.15) is 16.8 Å². The molecule has 4 aromatic rings. The molecule has 0 aliphatic carbocycles. The van der Waals surface area contributed by atoms with Crippen LogP contribution < -0.4 is 10.3 Å². The number of hydrogen-bond donors (Lipinski definition) is 0. The van der Waals surface area contributed by atoms with Crippen molar-refractivity contribution in [1.82, 2.24) is 14.5 Å². The van der Waals surface area contributed by atoms with E-state index in [9.17, 15) is 4.79 Å². The third-order valence-corrected chi connectivity index (χ3v) is 7.92. The molecule has 2 aromatic carbocycles. The highest BCUT2D eigenvalue weighted by molar-refractivity contribution is 7.22. The Balaban J connectivity index is 1.10. The van der Waals surface area contributed by atoms with Gasteiger partial charge < -0.3 is 14.4 Å². The number of halogens is 1. The van der Waals surface area contributed by atoms with Crippen molar-refractivity contribution in [1.29, 1.82) is 0 Å². The van der Waals surface area contributed by atoms with Crippen LogP contribution in [0.25, 0.3) is 26.3 Å². The summed E-state index contributed by atoms with van der Waals surface area (Å²) in [5.41, 5.74) is 2.88. The molecule has 4 heterocycles. The molecule has 174 valence electrons. The third kappa shape index (κ3) is 4.14. The lowest BCUT2D eigenvalue weighted by Gasteiger charge is -2.55. The number of fused-ring (bicyclic) bond motifs is 1. The summed E-state index contributed by atoms with van der Waals surface area (Å²) in [7, 11) is 0. The highest BCUT2D eigenvalue weighted by Crippen LogP contribution is 2.37. The summed E-state index contributed by atoms with van der Waals surface area (Å²) < 4.78 is 13.4. The summed E-state index contributed by atoms with van der Waals surface area (Å²) in [5.74, 6) is 0.805. The number of aromatic nitrogens is 2. The molecule has 0 N–H and O–H groups in total. The number of ether oxygens (including phenoxy) is 2. The van der Waals surface area contributed by atoms with Crippen molar-refractivity contribution in [2.24, 2.45) is 5.41 Å². The van der Waals surface area contributed by atoms with E-state index in [2.05, 4.69) is 9.88 Å². The number of rotatable bonds is 7. The topological polar surface area (TPSA) is 56.6 Å². The zero-order chi connectivity index (χ0) is 23.1. The molecule has 6 rings (SSSR count). The predicted octanol–water partition coefficient (Wildman–Crippen LogP) is 4.87. The van der Waals surface area contributed by atoms with E-state index < -0.39 is 0 Å². The van der Waals surface area contributed by atoms with Gasteiger partial charge in [0, 0.05) is 34.9 Å². The summed E-state index contributed by atoms with van der Waals surface area (Å²) in [6.45, 7) is 5.89. The second kappa shape index (κ2) is 8.82. The Morgan fingerprint density at radius 1 is 1.09 bits per heavy atom. The van der Waals surface area contributed by atoms with E-state index in [1.807, 2.05) is 54.6 Å². The molecule has 6 nitrogen and oxygen atoms in total. The second-order valence-corrected chi connectivity index (χ2v) is 10.6. The Kier molecular flexibility index (Phi) is 5.65. The first-order valence-corrected chi connectivity index (χ1v) is 12.6. The SMILES string of the molecule is O=c1c2sc(-c3ccc(Cl)cc3)cc2ncn1-c1ccc(OCCCN2CC3(COC3)C2)cc1. The van der Waals surface area contributed by atoms with Gasteiger partial charge in [-0.25, -0.2) is 4.98 Å². The van der Waals surface area contributed by atoms with Gasteiger partial charge in [-0.3, -0.25) is 9.36 Å². The summed E-state index contributed by atoms with van der Waals surface area (Å²) in [6, 6.07) is 17.2. The molecule has 2 aromatic heterocycles. The quantitative estimate of drug-likeness (QED) is 0.344. The van der Waals surface area contributed by atoms with Crippen molar-refractivity contribution in [2.45, 2.75) is 6.42 Å². The van der Waals surface area contributed by atoms with Gasteiger partial charge in [0.15, 0.2) is 0 Å². The lowest BCUT2D eigenvalue weighted by Crippen LogP contribution is -2.65. The summed E-state index contributed by atoms with van der Waals surface area (Å²) in [6.07, 6.45) is 2.58. The molecule has 0 amide bonds. The molecular weight excluding hydrogens is 470 g/mol. The molecule has 2 aliphatic heterocycles. The van der Waals surface area contributed by atoms with Crippen LogP contribution in [0, 0.1) is 5.41 Å². The fourth-order valence-corrected chi connectivity index (χ4v) is 5.84. The average molecular weight is 494 g/mol. The van der Waals surface area contributed by atoms with Gasteiger partial charge in [-0.2, -0.15) is 0 Å². The van der Waals surface area contributed by atoms with Gasteiger partial charge in [0.2, 0.25) is 0 Å². The minimum Gasteiger partial charge on any atom is -0.494 e. The third-order valence-electron chi connectivity index (χ3n) is 6.50. The molecule has 8 heteroatoms. The van der Waals surface area contributed by atoms with E-state index >= 15 is 0 Å². The maximum atomic E-state index is 13.2. The molecule has 0 atom stereocenters. The zero-order valence-corrected chi connectivity index (χ0v) is 20.1. The number of hydrogen-bond acceptors (Lipinski definition) is 6. The van der Waals surface area contributed by atoms with Gasteiger partial charge in [0.05, 0.1) is 31.0 Å². The average Bonchev–Trinajstić information content (AvgIpc) is 3.23. The molecular formula is C26H24ClN3O3S. The van der Waals surface area contributed by atoms with Crippen LogP contribution in [0.15, 0.2) is 65.7 Å². The van der Waals surface area contributed by atoms with E-state index in [0.29, 0.717) is 27.3 Å². The minimum absolute atomic E-state index is 0.0759. The predicted molar refractivity (Wildman–Crippen MR) is 135 cm³/mol. The van der Waals surface area contributed by atoms with Crippen LogP contribution in [-0.2, 0) is 4.74 Å². The van der Waals surface area contributed by atoms with Crippen LogP contribution in [0.1, 0.15) is 6.42 Å². The molecule has 0 unspecified atom stereocenters. The van der Waals surface area contributed by atoms with Crippen molar-refractivity contribution in [3.05, 3.63) is 76.3 Å². The first-order chi connectivity index (χ1) is 16.6. The number of nitrogens with zero attached hydrogens (tertiary/aromatic N) is 3. The summed E-state index contributed by atoms with van der Waals surface area (Å²) in [4.78, 5) is 21.1. The van der Waals surface area contributed by atoms with Crippen molar-refractivity contribution >= 4 is 33.2 Å². The lowest BCUT2D eigenvalue weighted by atomic mass is 9.78. The molecule has 34 heavy (non-hydrogen) atoms. The van der Waals surface area contributed by atoms with Crippen LogP contribution in [0.5, 0.6) is 5.75 Å². The normalized spacial score (nSPS) is 17.0. The Morgan fingerprint density at radius 2 is 1.85 bits per heavy atom. The maximum Gasteiger partial charge on any atom is 0.275 e. The van der Waals surface area contributed by atoms with E-state index in [1.54, 1.807) is 10.9 Å². The first-order valence-electron chi connectivity index (χ1n) is 11.4. The summed E-state index contributed by atoms with van der Waals surface area (Å²) in [5, 5.41) is 0.686. The Hall–Kier alpha value is -2.71. The van der Waals surface area contributed by atoms with E-state index in [-0.39, 0.29) is 5.56 Å². The molecule has 2 fully saturated rings. The Morgan fingerprint density at radius 3 is 2.56 bits per heavy atom. The standard InChI is InChI=1S/C26H24ClN3O3S/c27-19-4-2-18(3-5-19)23-12-22-24(34-23)25(31)30(17-28-22)20-6-8-21(9-7-20)33-11-1-10-29-13-26(14-29)15-32-16-26/h2-9,12,17H,1,10-11,13-16H2. The largest absolute Gasteiger partial charge is 0.494 e. The fraction of sp³-hybridized carbons (Fsp3) is 0.308. The molecule has 0 radical (unpaired) electrons. The molecule has 2 aliphatic rings. The molecule has 1 spiro atoms. The van der Waals surface area contributed by atoms with Crippen LogP contribution in [0.3, 0.4) is 0 Å². The fourth-order valence-electron chi connectivity index (χ4n) is 4.67. The van der Waals surface area contributed by atoms with E-state index in [1.165, 1.54) is 11.3 Å². The van der Waals surface area contributed by atoms with Gasteiger partial charge >= 0.3 is 0 Å². The van der Waals surface area contributed by atoms with Crippen molar-refractivity contribution < 1.29 is 9.47 Å². The minimum atomic E-state index is -0.0759. The van der Waals surface area contributed by atoms with Crippen molar-refractivity contribution in [3.63, 3.8) is 0 Å². The second-order valence-electron chi connectivity index (χ2n) is 9.15. The number of likely N-dealkylation sites (tertiary alicyclic amines) is 1. The van der Waals surface area contributed by atoms with Crippen molar-refractivity contribution in [2.75, 3.05) is 39.5 Å². The van der Waals surface area contributed by atoms with Crippen LogP contribution in [0.2, 0.25) is 5.02 Å². The highest BCUT2D eigenvalue weighted by atomic mass is 35.5. The van der Waals surface area contributed by atoms with Crippen molar-refractivity contribution in [3.8, 4) is 21.9 Å². The Labute approximate surface area is 206 Å².